The molecular weight excluding hydrogens is 273 g/mol. The van der Waals surface area contributed by atoms with E-state index < -0.39 is 5.51 Å². The third-order valence-electron chi connectivity index (χ3n) is 2.40. The lowest BCUT2D eigenvalue weighted by molar-refractivity contribution is -0.0328. The minimum atomic E-state index is -4.24. The van der Waals surface area contributed by atoms with Crippen LogP contribution in [0.4, 0.5) is 13.2 Å². The highest BCUT2D eigenvalue weighted by atomic mass is 32.2. The number of benzene rings is 1. The SMILES string of the molecule is CC(C)(C)CCCOc1ccc(SC(F)(F)F)cc1. The van der Waals surface area contributed by atoms with E-state index in [0.717, 1.165) is 12.8 Å². The first-order valence-electron chi connectivity index (χ1n) is 6.14. The second kappa shape index (κ2) is 6.55. The molecule has 0 aliphatic rings. The quantitative estimate of drug-likeness (QED) is 0.523. The molecule has 0 amide bonds. The van der Waals surface area contributed by atoms with Gasteiger partial charge in [-0.1, -0.05) is 20.8 Å². The predicted octanol–water partition coefficient (Wildman–Crippen LogP) is 5.50. The molecule has 0 radical (unpaired) electrons. The molecule has 0 saturated heterocycles. The molecule has 0 bridgehead atoms. The molecule has 0 fully saturated rings. The van der Waals surface area contributed by atoms with Crippen LogP contribution in [-0.4, -0.2) is 12.1 Å². The molecule has 19 heavy (non-hydrogen) atoms. The Hall–Kier alpha value is -0.840. The van der Waals surface area contributed by atoms with Crippen molar-refractivity contribution >= 4 is 11.8 Å². The van der Waals surface area contributed by atoms with Crippen LogP contribution in [-0.2, 0) is 0 Å². The first-order valence-corrected chi connectivity index (χ1v) is 6.96. The second-order valence-corrected chi connectivity index (χ2v) is 6.67. The summed E-state index contributed by atoms with van der Waals surface area (Å²) < 4.78 is 41.9. The van der Waals surface area contributed by atoms with Gasteiger partial charge in [-0.25, -0.2) is 0 Å². The molecule has 0 aromatic heterocycles. The van der Waals surface area contributed by atoms with Crippen LogP contribution < -0.4 is 4.74 Å². The van der Waals surface area contributed by atoms with Gasteiger partial charge < -0.3 is 4.74 Å². The Morgan fingerprint density at radius 1 is 1.05 bits per heavy atom. The Kier molecular flexibility index (Phi) is 5.59. The zero-order valence-corrected chi connectivity index (χ0v) is 12.2. The van der Waals surface area contributed by atoms with Gasteiger partial charge in [0.2, 0.25) is 0 Å². The summed E-state index contributed by atoms with van der Waals surface area (Å²) in [4.78, 5) is 0.176. The van der Waals surface area contributed by atoms with Gasteiger partial charge in [-0.05, 0) is 54.3 Å². The Bertz CT molecular complexity index is 379. The van der Waals surface area contributed by atoms with Gasteiger partial charge in [0.25, 0.3) is 0 Å². The van der Waals surface area contributed by atoms with Crippen molar-refractivity contribution in [3.63, 3.8) is 0 Å². The monoisotopic (exact) mass is 292 g/mol. The van der Waals surface area contributed by atoms with Crippen molar-refractivity contribution in [2.45, 2.75) is 44.0 Å². The normalized spacial score (nSPS) is 12.5. The van der Waals surface area contributed by atoms with Crippen molar-refractivity contribution in [1.82, 2.24) is 0 Å². The van der Waals surface area contributed by atoms with Crippen LogP contribution in [0.3, 0.4) is 0 Å². The van der Waals surface area contributed by atoms with Crippen molar-refractivity contribution in [2.75, 3.05) is 6.61 Å². The lowest BCUT2D eigenvalue weighted by Gasteiger charge is -2.17. The van der Waals surface area contributed by atoms with E-state index >= 15 is 0 Å². The molecule has 0 heterocycles. The van der Waals surface area contributed by atoms with Gasteiger partial charge in [0.15, 0.2) is 0 Å². The molecule has 1 aromatic rings. The minimum absolute atomic E-state index is 0.114. The van der Waals surface area contributed by atoms with Crippen LogP contribution in [0.2, 0.25) is 0 Å². The topological polar surface area (TPSA) is 9.23 Å². The lowest BCUT2D eigenvalue weighted by atomic mass is 9.91. The van der Waals surface area contributed by atoms with Gasteiger partial charge in [-0.15, -0.1) is 0 Å². The zero-order valence-electron chi connectivity index (χ0n) is 11.4. The van der Waals surface area contributed by atoms with E-state index in [1.165, 1.54) is 12.1 Å². The van der Waals surface area contributed by atoms with E-state index in [1.54, 1.807) is 12.1 Å². The third-order valence-corrected chi connectivity index (χ3v) is 3.14. The van der Waals surface area contributed by atoms with Crippen molar-refractivity contribution in [1.29, 1.82) is 0 Å². The maximum atomic E-state index is 12.1. The molecule has 1 aromatic carbocycles. The average molecular weight is 292 g/mol. The Labute approximate surface area is 116 Å². The maximum Gasteiger partial charge on any atom is 0.446 e. The summed E-state index contributed by atoms with van der Waals surface area (Å²) >= 11 is -0.114. The van der Waals surface area contributed by atoms with Gasteiger partial charge >= 0.3 is 5.51 Å². The van der Waals surface area contributed by atoms with Crippen molar-refractivity contribution < 1.29 is 17.9 Å². The second-order valence-electron chi connectivity index (χ2n) is 5.53. The third kappa shape index (κ3) is 8.03. The van der Waals surface area contributed by atoms with Gasteiger partial charge in [-0.3, -0.25) is 0 Å². The Morgan fingerprint density at radius 3 is 2.11 bits per heavy atom. The summed E-state index contributed by atoms with van der Waals surface area (Å²) in [5.41, 5.74) is -3.97. The first-order chi connectivity index (χ1) is 8.66. The highest BCUT2D eigenvalue weighted by molar-refractivity contribution is 8.00. The molecule has 0 N–H and O–H groups in total. The highest BCUT2D eigenvalue weighted by Crippen LogP contribution is 2.37. The molecule has 0 spiro atoms. The van der Waals surface area contributed by atoms with Crippen LogP contribution in [0, 0.1) is 5.41 Å². The van der Waals surface area contributed by atoms with E-state index in [2.05, 4.69) is 20.8 Å². The molecule has 0 unspecified atom stereocenters. The average Bonchev–Trinajstić information content (AvgIpc) is 2.23. The van der Waals surface area contributed by atoms with Gasteiger partial charge in [-0.2, -0.15) is 13.2 Å². The largest absolute Gasteiger partial charge is 0.494 e. The fourth-order valence-electron chi connectivity index (χ4n) is 1.53. The number of hydrogen-bond acceptors (Lipinski definition) is 2. The van der Waals surface area contributed by atoms with Crippen molar-refractivity contribution in [3.05, 3.63) is 24.3 Å². The number of hydrogen-bond donors (Lipinski definition) is 0. The molecule has 1 nitrogen and oxygen atoms in total. The molecule has 1 rings (SSSR count). The van der Waals surface area contributed by atoms with Crippen LogP contribution in [0.5, 0.6) is 5.75 Å². The highest BCUT2D eigenvalue weighted by Gasteiger charge is 2.28. The smallest absolute Gasteiger partial charge is 0.446 e. The van der Waals surface area contributed by atoms with E-state index in [9.17, 15) is 13.2 Å². The molecule has 0 aliphatic carbocycles. The van der Waals surface area contributed by atoms with Crippen molar-refractivity contribution in [2.24, 2.45) is 5.41 Å². The number of rotatable bonds is 5. The lowest BCUT2D eigenvalue weighted by Crippen LogP contribution is -2.07. The van der Waals surface area contributed by atoms with Gasteiger partial charge in [0.05, 0.1) is 6.61 Å². The predicted molar refractivity (Wildman–Crippen MR) is 72.5 cm³/mol. The van der Waals surface area contributed by atoms with Gasteiger partial charge in [0.1, 0.15) is 5.75 Å². The van der Waals surface area contributed by atoms with Crippen LogP contribution >= 0.6 is 11.8 Å². The summed E-state index contributed by atoms with van der Waals surface area (Å²) in [6.45, 7) is 7.07. The van der Waals surface area contributed by atoms with Gasteiger partial charge in [0, 0.05) is 4.90 Å². The number of ether oxygens (including phenoxy) is 1. The fourth-order valence-corrected chi connectivity index (χ4v) is 2.07. The Morgan fingerprint density at radius 2 is 1.63 bits per heavy atom. The summed E-state index contributed by atoms with van der Waals surface area (Å²) in [6.07, 6.45) is 1.98. The van der Waals surface area contributed by atoms with Crippen LogP contribution in [0.15, 0.2) is 29.2 Å². The molecule has 0 aliphatic heterocycles. The number of thioether (sulfide) groups is 1. The molecular formula is C14H19F3OS. The minimum Gasteiger partial charge on any atom is -0.494 e. The molecule has 0 atom stereocenters. The van der Waals surface area contributed by atoms with Crippen LogP contribution in [0.25, 0.3) is 0 Å². The summed E-state index contributed by atoms with van der Waals surface area (Å²) in [5, 5.41) is 0. The van der Waals surface area contributed by atoms with E-state index in [0.29, 0.717) is 12.4 Å². The summed E-state index contributed by atoms with van der Waals surface area (Å²) in [6, 6.07) is 6.00. The van der Waals surface area contributed by atoms with E-state index in [-0.39, 0.29) is 22.1 Å². The standard InChI is InChI=1S/C14H19F3OS/c1-13(2,3)9-4-10-18-11-5-7-12(8-6-11)19-14(15,16)17/h5-8H,4,9-10H2,1-3H3. The number of halogens is 3. The first kappa shape index (κ1) is 16.2. The molecule has 0 saturated carbocycles. The molecule has 108 valence electrons. The van der Waals surface area contributed by atoms with E-state index in [4.69, 9.17) is 4.74 Å². The summed E-state index contributed by atoms with van der Waals surface area (Å²) in [7, 11) is 0. The van der Waals surface area contributed by atoms with Crippen molar-refractivity contribution in [3.8, 4) is 5.75 Å². The number of alkyl halides is 3. The maximum absolute atomic E-state index is 12.1. The van der Waals surface area contributed by atoms with Crippen LogP contribution in [0.1, 0.15) is 33.6 Å². The zero-order chi connectivity index (χ0) is 14.5. The fraction of sp³-hybridized carbons (Fsp3) is 0.571. The molecule has 5 heteroatoms. The van der Waals surface area contributed by atoms with E-state index in [1.807, 2.05) is 0 Å². The Balaban J connectivity index is 2.36. The summed E-state index contributed by atoms with van der Waals surface area (Å²) in [5.74, 6) is 0.612.